The highest BCUT2D eigenvalue weighted by Crippen LogP contribution is 2.31. The quantitative estimate of drug-likeness (QED) is 0.662. The van der Waals surface area contributed by atoms with E-state index in [9.17, 15) is 0 Å². The average molecular weight is 390 g/mol. The fourth-order valence-corrected chi connectivity index (χ4v) is 3.59. The maximum atomic E-state index is 5.43. The van der Waals surface area contributed by atoms with Crippen LogP contribution in [0.15, 0.2) is 54.7 Å². The molecule has 0 bridgehead atoms. The summed E-state index contributed by atoms with van der Waals surface area (Å²) in [5.74, 6) is 2.05. The van der Waals surface area contributed by atoms with E-state index < -0.39 is 0 Å². The van der Waals surface area contributed by atoms with E-state index in [0.29, 0.717) is 5.95 Å². The number of aromatic nitrogens is 2. The Labute approximate surface area is 171 Å². The summed E-state index contributed by atoms with van der Waals surface area (Å²) < 4.78 is 10.7. The molecule has 29 heavy (non-hydrogen) atoms. The van der Waals surface area contributed by atoms with Gasteiger partial charge in [0.2, 0.25) is 5.95 Å². The Kier molecular flexibility index (Phi) is 5.91. The van der Waals surface area contributed by atoms with Crippen LogP contribution in [-0.4, -0.2) is 42.2 Å². The summed E-state index contributed by atoms with van der Waals surface area (Å²) in [4.78, 5) is 11.7. The van der Waals surface area contributed by atoms with Crippen molar-refractivity contribution in [1.29, 1.82) is 0 Å². The monoisotopic (exact) mass is 390 g/mol. The van der Waals surface area contributed by atoms with Crippen molar-refractivity contribution in [3.8, 4) is 11.5 Å². The first-order valence-electron chi connectivity index (χ1n) is 9.85. The summed E-state index contributed by atoms with van der Waals surface area (Å²) in [6.45, 7) is 2.95. The third kappa shape index (κ3) is 4.66. The number of benzene rings is 2. The van der Waals surface area contributed by atoms with Gasteiger partial charge in [0.25, 0.3) is 0 Å². The minimum atomic E-state index is 0.577. The molecule has 0 fully saturated rings. The number of rotatable bonds is 7. The second kappa shape index (κ2) is 8.92. The summed E-state index contributed by atoms with van der Waals surface area (Å²) >= 11 is 0. The molecule has 2 heterocycles. The lowest BCUT2D eigenvalue weighted by molar-refractivity contribution is 0.254. The Morgan fingerprint density at radius 2 is 1.93 bits per heavy atom. The van der Waals surface area contributed by atoms with Crippen LogP contribution in [-0.2, 0) is 19.4 Å². The molecule has 1 aromatic heterocycles. The van der Waals surface area contributed by atoms with Gasteiger partial charge in [-0.15, -0.1) is 0 Å². The molecule has 0 unspecified atom stereocenters. The molecule has 150 valence electrons. The smallest absolute Gasteiger partial charge is 0.227 e. The van der Waals surface area contributed by atoms with E-state index >= 15 is 0 Å². The topological polar surface area (TPSA) is 59.5 Å². The molecule has 0 radical (unpaired) electrons. The molecule has 0 saturated heterocycles. The highest BCUT2D eigenvalue weighted by molar-refractivity contribution is 5.65. The van der Waals surface area contributed by atoms with E-state index in [-0.39, 0.29) is 0 Å². The number of anilines is 2. The predicted octanol–water partition coefficient (Wildman–Crippen LogP) is 3.84. The van der Waals surface area contributed by atoms with Gasteiger partial charge in [-0.3, -0.25) is 4.90 Å². The van der Waals surface area contributed by atoms with Crippen LogP contribution in [0.3, 0.4) is 0 Å². The fraction of sp³-hybridized carbons (Fsp3) is 0.304. The van der Waals surface area contributed by atoms with E-state index in [1.807, 2.05) is 24.4 Å². The summed E-state index contributed by atoms with van der Waals surface area (Å²) in [5, 5.41) is 3.27. The van der Waals surface area contributed by atoms with Crippen LogP contribution in [0.1, 0.15) is 16.8 Å². The molecule has 0 atom stereocenters. The first-order valence-corrected chi connectivity index (χ1v) is 9.85. The second-order valence-electron chi connectivity index (χ2n) is 7.12. The van der Waals surface area contributed by atoms with Crippen LogP contribution < -0.4 is 14.8 Å². The van der Waals surface area contributed by atoms with Gasteiger partial charge in [0, 0.05) is 43.9 Å². The number of ether oxygens (including phenoxy) is 2. The predicted molar refractivity (Wildman–Crippen MR) is 114 cm³/mol. The van der Waals surface area contributed by atoms with Crippen LogP contribution in [0.2, 0.25) is 0 Å². The van der Waals surface area contributed by atoms with Crippen molar-refractivity contribution < 1.29 is 9.47 Å². The van der Waals surface area contributed by atoms with E-state index in [2.05, 4.69) is 45.5 Å². The molecular weight excluding hydrogens is 364 g/mol. The number of fused-ring (bicyclic) bond motifs is 1. The van der Waals surface area contributed by atoms with Crippen LogP contribution in [0.5, 0.6) is 11.5 Å². The van der Waals surface area contributed by atoms with Gasteiger partial charge in [-0.2, -0.15) is 0 Å². The largest absolute Gasteiger partial charge is 0.497 e. The molecule has 3 aromatic rings. The zero-order valence-corrected chi connectivity index (χ0v) is 16.9. The molecule has 0 aliphatic carbocycles. The second-order valence-corrected chi connectivity index (χ2v) is 7.12. The molecule has 0 saturated carbocycles. The minimum Gasteiger partial charge on any atom is -0.497 e. The van der Waals surface area contributed by atoms with E-state index in [1.165, 1.54) is 11.1 Å². The van der Waals surface area contributed by atoms with Gasteiger partial charge >= 0.3 is 0 Å². The number of nitrogens with one attached hydrogen (secondary N) is 1. The SMILES string of the molecule is COc1ccc(OC)c(Nc2ncc3c(n2)CCN(CCc2ccccc2)C3)c1. The van der Waals surface area contributed by atoms with Gasteiger partial charge in [-0.05, 0) is 24.1 Å². The lowest BCUT2D eigenvalue weighted by atomic mass is 10.1. The third-order valence-electron chi connectivity index (χ3n) is 5.23. The first kappa shape index (κ1) is 19.2. The van der Waals surface area contributed by atoms with Crippen molar-refractivity contribution in [2.45, 2.75) is 19.4 Å². The number of hydrogen-bond donors (Lipinski definition) is 1. The normalized spacial score (nSPS) is 13.6. The van der Waals surface area contributed by atoms with Crippen molar-refractivity contribution in [1.82, 2.24) is 14.9 Å². The molecule has 6 heteroatoms. The van der Waals surface area contributed by atoms with Crippen molar-refractivity contribution in [3.63, 3.8) is 0 Å². The van der Waals surface area contributed by atoms with E-state index in [4.69, 9.17) is 14.5 Å². The Hall–Kier alpha value is -3.12. The first-order chi connectivity index (χ1) is 14.2. The molecule has 0 spiro atoms. The molecule has 1 aliphatic heterocycles. The number of nitrogens with zero attached hydrogens (tertiary/aromatic N) is 3. The molecule has 1 aliphatic rings. The zero-order chi connectivity index (χ0) is 20.1. The number of hydrogen-bond acceptors (Lipinski definition) is 6. The van der Waals surface area contributed by atoms with Crippen molar-refractivity contribution in [2.75, 3.05) is 32.6 Å². The fourth-order valence-electron chi connectivity index (χ4n) is 3.59. The van der Waals surface area contributed by atoms with Crippen molar-refractivity contribution in [3.05, 3.63) is 71.5 Å². The molecular formula is C23H26N4O2. The summed E-state index contributed by atoms with van der Waals surface area (Å²) in [6.07, 6.45) is 3.93. The Morgan fingerprint density at radius 1 is 1.07 bits per heavy atom. The van der Waals surface area contributed by atoms with Crippen LogP contribution in [0.25, 0.3) is 0 Å². The summed E-state index contributed by atoms with van der Waals surface area (Å²) in [5.41, 5.74) is 4.47. The third-order valence-corrected chi connectivity index (χ3v) is 5.23. The average Bonchev–Trinajstić information content (AvgIpc) is 2.78. The molecule has 2 aromatic carbocycles. The Bertz CT molecular complexity index is 962. The van der Waals surface area contributed by atoms with E-state index in [1.54, 1.807) is 14.2 Å². The zero-order valence-electron chi connectivity index (χ0n) is 16.9. The molecule has 1 N–H and O–H groups in total. The lowest BCUT2D eigenvalue weighted by Crippen LogP contribution is -2.33. The van der Waals surface area contributed by atoms with Gasteiger partial charge in [0.15, 0.2) is 0 Å². The van der Waals surface area contributed by atoms with Crippen molar-refractivity contribution >= 4 is 11.6 Å². The van der Waals surface area contributed by atoms with Gasteiger partial charge in [-0.25, -0.2) is 9.97 Å². The highest BCUT2D eigenvalue weighted by atomic mass is 16.5. The minimum absolute atomic E-state index is 0.577. The van der Waals surface area contributed by atoms with Crippen molar-refractivity contribution in [2.24, 2.45) is 0 Å². The summed E-state index contributed by atoms with van der Waals surface area (Å²) in [7, 11) is 3.29. The molecule has 4 rings (SSSR count). The molecule has 0 amide bonds. The summed E-state index contributed by atoms with van der Waals surface area (Å²) in [6, 6.07) is 16.2. The van der Waals surface area contributed by atoms with Gasteiger partial charge in [0.1, 0.15) is 11.5 Å². The maximum Gasteiger partial charge on any atom is 0.227 e. The van der Waals surface area contributed by atoms with Crippen LogP contribution >= 0.6 is 0 Å². The Morgan fingerprint density at radius 3 is 2.72 bits per heavy atom. The van der Waals surface area contributed by atoms with Crippen LogP contribution in [0, 0.1) is 0 Å². The van der Waals surface area contributed by atoms with Crippen LogP contribution in [0.4, 0.5) is 11.6 Å². The molecule has 6 nitrogen and oxygen atoms in total. The number of methoxy groups -OCH3 is 2. The van der Waals surface area contributed by atoms with Gasteiger partial charge < -0.3 is 14.8 Å². The van der Waals surface area contributed by atoms with Gasteiger partial charge in [-0.1, -0.05) is 30.3 Å². The standard InChI is InChI=1S/C23H26N4O2/c1-28-19-8-9-22(29-2)21(14-19)26-23-24-15-18-16-27(13-11-20(18)25-23)12-10-17-6-4-3-5-7-17/h3-9,14-15H,10-13,16H2,1-2H3,(H,24,25,26). The van der Waals surface area contributed by atoms with Gasteiger partial charge in [0.05, 0.1) is 25.6 Å². The van der Waals surface area contributed by atoms with E-state index in [0.717, 1.165) is 55.4 Å². The Balaban J connectivity index is 1.43. The highest BCUT2D eigenvalue weighted by Gasteiger charge is 2.18. The maximum absolute atomic E-state index is 5.43. The lowest BCUT2D eigenvalue weighted by Gasteiger charge is -2.28.